The van der Waals surface area contributed by atoms with Gasteiger partial charge in [0.1, 0.15) is 12.0 Å². The summed E-state index contributed by atoms with van der Waals surface area (Å²) in [6.07, 6.45) is 1.74. The number of nitrogens with two attached hydrogens (primary N) is 1. The number of rotatable bonds is 2. The third-order valence-electron chi connectivity index (χ3n) is 2.78. The smallest absolute Gasteiger partial charge is 0.351 e. The van der Waals surface area contributed by atoms with E-state index in [-0.39, 0.29) is 30.7 Å². The predicted octanol–water partition coefficient (Wildman–Crippen LogP) is 1.79. The topological polar surface area (TPSA) is 90.4 Å². The molecule has 3 unspecified atom stereocenters. The first kappa shape index (κ1) is 18.6. The fourth-order valence-electron chi connectivity index (χ4n) is 1.99. The van der Waals surface area contributed by atoms with Crippen LogP contribution < -0.4 is 11.4 Å². The summed E-state index contributed by atoms with van der Waals surface area (Å²) >= 11 is 0. The molecule has 0 bridgehead atoms. The molecule has 0 aromatic carbocycles. The van der Waals surface area contributed by atoms with Gasteiger partial charge in [-0.25, -0.2) is 4.79 Å². The van der Waals surface area contributed by atoms with Crippen LogP contribution >= 0.6 is 0 Å². The van der Waals surface area contributed by atoms with Crippen molar-refractivity contribution in [3.63, 3.8) is 0 Å². The van der Waals surface area contributed by atoms with Crippen molar-refractivity contribution in [1.82, 2.24) is 9.55 Å². The normalized spacial score (nSPS) is 24.2. The molecule has 1 aliphatic heterocycles. The van der Waals surface area contributed by atoms with Crippen LogP contribution in [0.25, 0.3) is 0 Å². The molecule has 0 aliphatic carbocycles. The Morgan fingerprint density at radius 3 is 2.50 bits per heavy atom. The van der Waals surface area contributed by atoms with E-state index in [0.29, 0.717) is 0 Å². The van der Waals surface area contributed by atoms with E-state index in [9.17, 15) is 4.79 Å². The Hall–Kier alpha value is -1.40. The molecule has 6 heteroatoms. The Labute approximate surface area is 120 Å². The predicted molar refractivity (Wildman–Crippen MR) is 80.4 cm³/mol. The summed E-state index contributed by atoms with van der Waals surface area (Å²) in [5.41, 5.74) is 4.99. The van der Waals surface area contributed by atoms with E-state index in [1.165, 1.54) is 4.57 Å². The first-order chi connectivity index (χ1) is 9.61. The van der Waals surface area contributed by atoms with Crippen molar-refractivity contribution < 1.29 is 9.84 Å². The highest BCUT2D eigenvalue weighted by molar-refractivity contribution is 5.23. The van der Waals surface area contributed by atoms with E-state index in [0.717, 1.165) is 6.42 Å². The number of nitrogens with zero attached hydrogens (tertiary/aromatic N) is 2. The van der Waals surface area contributed by atoms with Gasteiger partial charge < -0.3 is 15.6 Å². The van der Waals surface area contributed by atoms with Crippen molar-refractivity contribution >= 4 is 5.82 Å². The molecule has 1 saturated heterocycles. The van der Waals surface area contributed by atoms with Gasteiger partial charge in [0.25, 0.3) is 0 Å². The van der Waals surface area contributed by atoms with Gasteiger partial charge in [0.15, 0.2) is 0 Å². The number of ether oxygens (including phenoxy) is 1. The molecule has 0 radical (unpaired) electrons. The number of aliphatic hydroxyl groups excluding tert-OH is 1. The van der Waals surface area contributed by atoms with E-state index >= 15 is 0 Å². The molecule has 3 atom stereocenters. The summed E-state index contributed by atoms with van der Waals surface area (Å²) in [6, 6.07) is 1.56. The van der Waals surface area contributed by atoms with E-state index in [1.54, 1.807) is 12.3 Å². The van der Waals surface area contributed by atoms with Crippen LogP contribution in [-0.4, -0.2) is 27.4 Å². The molecule has 0 spiro atoms. The zero-order valence-corrected chi connectivity index (χ0v) is 13.0. The summed E-state index contributed by atoms with van der Waals surface area (Å²) in [5.74, 6) is 0.367. The Balaban J connectivity index is 0.000000829. The van der Waals surface area contributed by atoms with Crippen molar-refractivity contribution in [1.29, 1.82) is 0 Å². The van der Waals surface area contributed by atoms with Gasteiger partial charge in [0.2, 0.25) is 0 Å². The maximum atomic E-state index is 11.6. The van der Waals surface area contributed by atoms with Crippen molar-refractivity contribution in [3.8, 4) is 0 Å². The third-order valence-corrected chi connectivity index (χ3v) is 2.78. The molecule has 3 N–H and O–H groups in total. The SMILES string of the molecule is CC.CC.CC1CC(CO)OC1n1ccc(N)nc1=O. The molecule has 1 aromatic heterocycles. The lowest BCUT2D eigenvalue weighted by molar-refractivity contribution is -0.0335. The molecule has 1 aliphatic rings. The molecular formula is C14H27N3O3. The molecule has 20 heavy (non-hydrogen) atoms. The second-order valence-electron chi connectivity index (χ2n) is 4.09. The number of hydrogen-bond donors (Lipinski definition) is 2. The number of nitrogen functional groups attached to an aromatic ring is 1. The highest BCUT2D eigenvalue weighted by Crippen LogP contribution is 2.32. The van der Waals surface area contributed by atoms with Crippen LogP contribution in [0, 0.1) is 5.92 Å². The summed E-state index contributed by atoms with van der Waals surface area (Å²) < 4.78 is 6.98. The fraction of sp³-hybridized carbons (Fsp3) is 0.714. The Bertz CT molecular complexity index is 434. The van der Waals surface area contributed by atoms with Crippen molar-refractivity contribution in [2.75, 3.05) is 12.3 Å². The minimum atomic E-state index is -0.421. The Morgan fingerprint density at radius 1 is 1.45 bits per heavy atom. The monoisotopic (exact) mass is 285 g/mol. The van der Waals surface area contributed by atoms with Crippen molar-refractivity contribution in [2.24, 2.45) is 5.92 Å². The minimum absolute atomic E-state index is 0.0298. The quantitative estimate of drug-likeness (QED) is 0.864. The summed E-state index contributed by atoms with van der Waals surface area (Å²) in [7, 11) is 0. The maximum absolute atomic E-state index is 11.6. The highest BCUT2D eigenvalue weighted by Gasteiger charge is 2.33. The molecule has 0 saturated carbocycles. The average Bonchev–Trinajstić information content (AvgIpc) is 2.84. The van der Waals surface area contributed by atoms with Gasteiger partial charge in [0, 0.05) is 12.1 Å². The van der Waals surface area contributed by atoms with Gasteiger partial charge in [0.05, 0.1) is 12.7 Å². The fourth-order valence-corrected chi connectivity index (χ4v) is 1.99. The molecule has 2 heterocycles. The number of anilines is 1. The molecular weight excluding hydrogens is 258 g/mol. The van der Waals surface area contributed by atoms with Crippen LogP contribution in [0.2, 0.25) is 0 Å². The summed E-state index contributed by atoms with van der Waals surface area (Å²) in [6.45, 7) is 9.95. The van der Waals surface area contributed by atoms with E-state index < -0.39 is 5.69 Å². The van der Waals surface area contributed by atoms with E-state index in [1.807, 2.05) is 34.6 Å². The first-order valence-corrected chi connectivity index (χ1v) is 7.23. The molecule has 1 fully saturated rings. The zero-order valence-electron chi connectivity index (χ0n) is 13.0. The molecule has 2 rings (SSSR count). The molecule has 6 nitrogen and oxygen atoms in total. The largest absolute Gasteiger partial charge is 0.394 e. The zero-order chi connectivity index (χ0) is 15.7. The highest BCUT2D eigenvalue weighted by atomic mass is 16.5. The van der Waals surface area contributed by atoms with Gasteiger partial charge in [-0.2, -0.15) is 4.98 Å². The lowest BCUT2D eigenvalue weighted by atomic mass is 10.1. The molecule has 0 amide bonds. The molecule has 1 aromatic rings. The standard InChI is InChI=1S/C10H15N3O3.2C2H6/c1-6-4-7(5-14)16-9(6)13-3-2-8(11)12-10(13)15;2*1-2/h2-3,6-7,9,14H,4-5H2,1H3,(H2,11,12,15);2*1-2H3. The van der Waals surface area contributed by atoms with Crippen LogP contribution in [0.5, 0.6) is 0 Å². The molecule has 116 valence electrons. The Morgan fingerprint density at radius 2 is 2.05 bits per heavy atom. The van der Waals surface area contributed by atoms with Crippen LogP contribution in [0.4, 0.5) is 5.82 Å². The third kappa shape index (κ3) is 4.61. The van der Waals surface area contributed by atoms with E-state index in [2.05, 4.69) is 4.98 Å². The number of aliphatic hydroxyl groups is 1. The minimum Gasteiger partial charge on any atom is -0.394 e. The van der Waals surface area contributed by atoms with Crippen LogP contribution in [-0.2, 0) is 4.74 Å². The van der Waals surface area contributed by atoms with Gasteiger partial charge in [-0.1, -0.05) is 34.6 Å². The second kappa shape index (κ2) is 9.50. The van der Waals surface area contributed by atoms with Crippen LogP contribution in [0.15, 0.2) is 17.1 Å². The van der Waals surface area contributed by atoms with Crippen molar-refractivity contribution in [2.45, 2.75) is 53.4 Å². The van der Waals surface area contributed by atoms with Crippen molar-refractivity contribution in [3.05, 3.63) is 22.7 Å². The summed E-state index contributed by atoms with van der Waals surface area (Å²) in [4.78, 5) is 15.2. The van der Waals surface area contributed by atoms with Gasteiger partial charge in [-0.15, -0.1) is 0 Å². The van der Waals surface area contributed by atoms with Gasteiger partial charge in [-0.05, 0) is 12.5 Å². The number of hydrogen-bond acceptors (Lipinski definition) is 5. The summed E-state index contributed by atoms with van der Waals surface area (Å²) in [5, 5.41) is 9.01. The van der Waals surface area contributed by atoms with Gasteiger partial charge in [-0.3, -0.25) is 4.57 Å². The lowest BCUT2D eigenvalue weighted by Crippen LogP contribution is -2.29. The Kier molecular flexibility index (Phi) is 8.83. The average molecular weight is 285 g/mol. The van der Waals surface area contributed by atoms with Gasteiger partial charge >= 0.3 is 5.69 Å². The lowest BCUT2D eigenvalue weighted by Gasteiger charge is -2.17. The first-order valence-electron chi connectivity index (χ1n) is 7.23. The number of aromatic nitrogens is 2. The maximum Gasteiger partial charge on any atom is 0.351 e. The van der Waals surface area contributed by atoms with Crippen LogP contribution in [0.1, 0.15) is 47.3 Å². The van der Waals surface area contributed by atoms with E-state index in [4.69, 9.17) is 15.6 Å². The second-order valence-corrected chi connectivity index (χ2v) is 4.09. The van der Waals surface area contributed by atoms with Crippen LogP contribution in [0.3, 0.4) is 0 Å².